The summed E-state index contributed by atoms with van der Waals surface area (Å²) < 4.78 is 25.0. The second-order valence-corrected chi connectivity index (χ2v) is 8.27. The highest BCUT2D eigenvalue weighted by atomic mass is 32.2. The first-order chi connectivity index (χ1) is 9.58. The van der Waals surface area contributed by atoms with Crippen LogP contribution < -0.4 is 0 Å². The van der Waals surface area contributed by atoms with E-state index in [9.17, 15) is 8.42 Å². The van der Waals surface area contributed by atoms with Crippen LogP contribution in [0.4, 0.5) is 0 Å². The molecule has 114 valence electrons. The monoisotopic (exact) mass is 308 g/mol. The highest BCUT2D eigenvalue weighted by molar-refractivity contribution is 7.90. The zero-order chi connectivity index (χ0) is 15.8. The third-order valence-corrected chi connectivity index (χ3v) is 3.86. The van der Waals surface area contributed by atoms with E-state index in [4.69, 9.17) is 0 Å². The van der Waals surface area contributed by atoms with Crippen molar-refractivity contribution in [1.82, 2.24) is 19.7 Å². The van der Waals surface area contributed by atoms with Crippen molar-refractivity contribution in [3.8, 4) is 11.3 Å². The lowest BCUT2D eigenvalue weighted by atomic mass is 9.89. The summed E-state index contributed by atoms with van der Waals surface area (Å²) in [5, 5.41) is 4.11. The number of aryl methyl sites for hydroxylation is 1. The van der Waals surface area contributed by atoms with Gasteiger partial charge in [-0.15, -0.1) is 0 Å². The lowest BCUT2D eigenvalue weighted by Crippen LogP contribution is -2.13. The molecule has 0 saturated heterocycles. The summed E-state index contributed by atoms with van der Waals surface area (Å²) in [6, 6.07) is 1.71. The van der Waals surface area contributed by atoms with Gasteiger partial charge in [0.15, 0.2) is 0 Å². The standard InChI is InChI=1S/C14H20N4O2S/c1-14(2,3)8-12-10(9-16-18(12)4)11-6-7-15-13(17-11)21(5,19)20/h6-7,9H,8H2,1-5H3. The fourth-order valence-electron chi connectivity index (χ4n) is 2.06. The molecule has 0 fully saturated rings. The molecule has 0 aliphatic rings. The van der Waals surface area contributed by atoms with Crippen LogP contribution in [0.3, 0.4) is 0 Å². The lowest BCUT2D eigenvalue weighted by molar-refractivity contribution is 0.398. The summed E-state index contributed by atoms with van der Waals surface area (Å²) in [5.74, 6) is 0. The maximum absolute atomic E-state index is 11.6. The van der Waals surface area contributed by atoms with Gasteiger partial charge in [-0.25, -0.2) is 18.4 Å². The van der Waals surface area contributed by atoms with Gasteiger partial charge in [0, 0.05) is 30.8 Å². The number of hydrogen-bond acceptors (Lipinski definition) is 5. The third kappa shape index (κ3) is 3.66. The summed E-state index contributed by atoms with van der Waals surface area (Å²) in [6.45, 7) is 6.43. The number of nitrogens with zero attached hydrogens (tertiary/aromatic N) is 4. The van der Waals surface area contributed by atoms with Gasteiger partial charge in [0.05, 0.1) is 11.9 Å². The van der Waals surface area contributed by atoms with E-state index in [0.717, 1.165) is 23.9 Å². The maximum Gasteiger partial charge on any atom is 0.247 e. The van der Waals surface area contributed by atoms with Crippen molar-refractivity contribution in [3.05, 3.63) is 24.2 Å². The molecular weight excluding hydrogens is 288 g/mol. The molecule has 0 aromatic carbocycles. The Hall–Kier alpha value is -1.76. The van der Waals surface area contributed by atoms with Crippen LogP contribution in [0.5, 0.6) is 0 Å². The van der Waals surface area contributed by atoms with Crippen molar-refractivity contribution < 1.29 is 8.42 Å². The average molecular weight is 308 g/mol. The van der Waals surface area contributed by atoms with E-state index in [0.29, 0.717) is 5.69 Å². The van der Waals surface area contributed by atoms with Crippen LogP contribution in [-0.4, -0.2) is 34.4 Å². The Kier molecular flexibility index (Phi) is 3.88. The van der Waals surface area contributed by atoms with Gasteiger partial charge in [0.2, 0.25) is 15.0 Å². The molecule has 2 aromatic heterocycles. The summed E-state index contributed by atoms with van der Waals surface area (Å²) in [6.07, 6.45) is 5.10. The Labute approximate surface area is 125 Å². The second kappa shape index (κ2) is 5.22. The van der Waals surface area contributed by atoms with Gasteiger partial charge >= 0.3 is 0 Å². The number of hydrogen-bond donors (Lipinski definition) is 0. The van der Waals surface area contributed by atoms with Crippen molar-refractivity contribution in [3.63, 3.8) is 0 Å². The normalized spacial score (nSPS) is 12.6. The third-order valence-electron chi connectivity index (χ3n) is 3.00. The van der Waals surface area contributed by atoms with Gasteiger partial charge in [0.1, 0.15) is 0 Å². The number of sulfone groups is 1. The molecular formula is C14H20N4O2S. The maximum atomic E-state index is 11.6. The molecule has 6 nitrogen and oxygen atoms in total. The number of rotatable bonds is 3. The molecule has 0 amide bonds. The zero-order valence-electron chi connectivity index (χ0n) is 13.0. The first-order valence-corrected chi connectivity index (χ1v) is 8.51. The van der Waals surface area contributed by atoms with E-state index >= 15 is 0 Å². The average Bonchev–Trinajstić information content (AvgIpc) is 2.68. The Morgan fingerprint density at radius 2 is 1.95 bits per heavy atom. The molecule has 0 bridgehead atoms. The summed E-state index contributed by atoms with van der Waals surface area (Å²) >= 11 is 0. The van der Waals surface area contributed by atoms with Gasteiger partial charge in [-0.05, 0) is 17.9 Å². The van der Waals surface area contributed by atoms with Crippen LogP contribution in [-0.2, 0) is 23.3 Å². The fraction of sp³-hybridized carbons (Fsp3) is 0.500. The van der Waals surface area contributed by atoms with Crippen molar-refractivity contribution >= 4 is 9.84 Å². The highest BCUT2D eigenvalue weighted by Crippen LogP contribution is 2.28. The summed E-state index contributed by atoms with van der Waals surface area (Å²) in [7, 11) is -1.55. The predicted molar refractivity (Wildman–Crippen MR) is 80.5 cm³/mol. The molecule has 2 rings (SSSR count). The number of aromatic nitrogens is 4. The summed E-state index contributed by atoms with van der Waals surface area (Å²) in [4.78, 5) is 7.99. The molecule has 0 N–H and O–H groups in total. The van der Waals surface area contributed by atoms with Gasteiger partial charge in [-0.1, -0.05) is 20.8 Å². The first-order valence-electron chi connectivity index (χ1n) is 6.62. The van der Waals surface area contributed by atoms with Gasteiger partial charge in [-0.3, -0.25) is 4.68 Å². The van der Waals surface area contributed by atoms with Gasteiger partial charge in [0.25, 0.3) is 0 Å². The molecule has 2 aromatic rings. The highest BCUT2D eigenvalue weighted by Gasteiger charge is 2.20. The van der Waals surface area contributed by atoms with Crippen molar-refractivity contribution in [2.24, 2.45) is 12.5 Å². The van der Waals surface area contributed by atoms with Crippen LogP contribution in [0, 0.1) is 5.41 Å². The van der Waals surface area contributed by atoms with Crippen LogP contribution in [0.2, 0.25) is 0 Å². The molecule has 21 heavy (non-hydrogen) atoms. The Bertz CT molecular complexity index is 758. The molecule has 2 heterocycles. The minimum Gasteiger partial charge on any atom is -0.272 e. The molecule has 0 saturated carbocycles. The molecule has 0 aliphatic heterocycles. The quantitative estimate of drug-likeness (QED) is 0.809. The van der Waals surface area contributed by atoms with Crippen LogP contribution in [0.1, 0.15) is 26.5 Å². The van der Waals surface area contributed by atoms with Gasteiger partial charge < -0.3 is 0 Å². The predicted octanol–water partition coefficient (Wildman–Crippen LogP) is 1.87. The van der Waals surface area contributed by atoms with Crippen molar-refractivity contribution in [1.29, 1.82) is 0 Å². The smallest absolute Gasteiger partial charge is 0.247 e. The van der Waals surface area contributed by atoms with Crippen LogP contribution in [0.25, 0.3) is 11.3 Å². The Morgan fingerprint density at radius 3 is 2.52 bits per heavy atom. The fourth-order valence-corrected chi connectivity index (χ4v) is 2.57. The van der Waals surface area contributed by atoms with Crippen molar-refractivity contribution in [2.75, 3.05) is 6.26 Å². The molecule has 0 atom stereocenters. The molecule has 0 aliphatic carbocycles. The second-order valence-electron chi connectivity index (χ2n) is 6.36. The molecule has 0 radical (unpaired) electrons. The van der Waals surface area contributed by atoms with E-state index in [2.05, 4.69) is 35.8 Å². The van der Waals surface area contributed by atoms with Crippen molar-refractivity contribution in [2.45, 2.75) is 32.3 Å². The SMILES string of the molecule is Cn1ncc(-c2ccnc(S(C)(=O)=O)n2)c1CC(C)(C)C. The minimum atomic E-state index is -3.42. The van der Waals surface area contributed by atoms with Crippen LogP contribution in [0.15, 0.2) is 23.6 Å². The summed E-state index contributed by atoms with van der Waals surface area (Å²) in [5.41, 5.74) is 2.55. The minimum absolute atomic E-state index is 0.0925. The van der Waals surface area contributed by atoms with Gasteiger partial charge in [-0.2, -0.15) is 5.10 Å². The van der Waals surface area contributed by atoms with E-state index in [1.54, 1.807) is 12.3 Å². The largest absolute Gasteiger partial charge is 0.272 e. The van der Waals surface area contributed by atoms with E-state index < -0.39 is 9.84 Å². The molecule has 0 unspecified atom stereocenters. The lowest BCUT2D eigenvalue weighted by Gasteiger charge is -2.19. The van der Waals surface area contributed by atoms with Crippen LogP contribution >= 0.6 is 0 Å². The Morgan fingerprint density at radius 1 is 1.29 bits per heavy atom. The first kappa shape index (κ1) is 15.6. The molecule has 0 spiro atoms. The molecule has 7 heteroatoms. The Balaban J connectivity index is 2.53. The van der Waals surface area contributed by atoms with E-state index in [1.165, 1.54) is 6.20 Å². The topological polar surface area (TPSA) is 77.7 Å². The van der Waals surface area contributed by atoms with E-state index in [1.807, 2.05) is 11.7 Å². The van der Waals surface area contributed by atoms with E-state index in [-0.39, 0.29) is 10.6 Å². The zero-order valence-corrected chi connectivity index (χ0v) is 13.8.